The fourth-order valence-electron chi connectivity index (χ4n) is 12.1. The van der Waals surface area contributed by atoms with Gasteiger partial charge >= 0.3 is 5.97 Å². The number of ether oxygens (including phenoxy) is 2. The van der Waals surface area contributed by atoms with Crippen LogP contribution < -0.4 is 0 Å². The Kier molecular flexibility index (Phi) is 5.16. The van der Waals surface area contributed by atoms with E-state index in [1.165, 1.54) is 64.2 Å². The van der Waals surface area contributed by atoms with Gasteiger partial charge in [0, 0.05) is 12.3 Å². The number of epoxide rings is 1. The van der Waals surface area contributed by atoms with Crippen molar-refractivity contribution >= 4 is 5.97 Å². The molecule has 1 saturated heterocycles. The molecule has 5 saturated carbocycles. The highest BCUT2D eigenvalue weighted by molar-refractivity contribution is 5.66. The highest BCUT2D eigenvalue weighted by atomic mass is 16.6. The number of hydrogen-bond donors (Lipinski definition) is 0. The number of rotatable bonds is 5. The summed E-state index contributed by atoms with van der Waals surface area (Å²) in [5, 5.41) is 0. The molecule has 198 valence electrons. The molecule has 2 spiro atoms. The molecule has 3 nitrogen and oxygen atoms in total. The van der Waals surface area contributed by atoms with Crippen molar-refractivity contribution in [2.24, 2.45) is 50.7 Å². The lowest BCUT2D eigenvalue weighted by Crippen LogP contribution is -2.58. The molecular weight excluding hydrogens is 432 g/mol. The lowest BCUT2D eigenvalue weighted by Gasteiger charge is -2.63. The van der Waals surface area contributed by atoms with Crippen LogP contribution in [0.4, 0.5) is 0 Å². The molecule has 0 aromatic carbocycles. The van der Waals surface area contributed by atoms with Crippen LogP contribution in [0.2, 0.25) is 0 Å². The van der Waals surface area contributed by atoms with Crippen molar-refractivity contribution in [3.05, 3.63) is 0 Å². The van der Waals surface area contributed by atoms with E-state index in [1.807, 2.05) is 0 Å². The summed E-state index contributed by atoms with van der Waals surface area (Å²) >= 11 is 0. The molecule has 0 amide bonds. The molecule has 5 aliphatic carbocycles. The van der Waals surface area contributed by atoms with Gasteiger partial charge in [0.2, 0.25) is 0 Å². The molecule has 6 aliphatic rings. The number of fused-ring (bicyclic) bond motifs is 2. The molecule has 0 bridgehead atoms. The fraction of sp³-hybridized carbons (Fsp3) is 0.969. The minimum Gasteiger partial charge on any atom is -0.462 e. The van der Waals surface area contributed by atoms with E-state index < -0.39 is 0 Å². The van der Waals surface area contributed by atoms with Gasteiger partial charge in [-0.2, -0.15) is 0 Å². The Bertz CT molecular complexity index is 906. The van der Waals surface area contributed by atoms with Crippen molar-refractivity contribution < 1.29 is 14.3 Å². The summed E-state index contributed by atoms with van der Waals surface area (Å²) in [5.74, 6) is 3.19. The van der Waals surface area contributed by atoms with E-state index in [9.17, 15) is 4.79 Å². The lowest BCUT2D eigenvalue weighted by atomic mass is 9.41. The zero-order valence-electron chi connectivity index (χ0n) is 24.0. The summed E-state index contributed by atoms with van der Waals surface area (Å²) in [6, 6.07) is 0. The molecule has 0 radical (unpaired) electrons. The zero-order chi connectivity index (χ0) is 25.2. The Balaban J connectivity index is 1.22. The average Bonchev–Trinajstić information content (AvgIpc) is 3.58. The number of esters is 1. The van der Waals surface area contributed by atoms with E-state index in [0.29, 0.717) is 27.8 Å². The van der Waals surface area contributed by atoms with Gasteiger partial charge in [-0.1, -0.05) is 34.6 Å². The van der Waals surface area contributed by atoms with E-state index in [1.54, 1.807) is 6.92 Å². The predicted octanol–water partition coefficient (Wildman–Crippen LogP) is 7.95. The van der Waals surface area contributed by atoms with E-state index in [-0.39, 0.29) is 23.1 Å². The maximum atomic E-state index is 11.9. The van der Waals surface area contributed by atoms with E-state index >= 15 is 0 Å². The van der Waals surface area contributed by atoms with Crippen LogP contribution in [-0.2, 0) is 14.3 Å². The molecule has 1 heterocycles. The number of carbonyl (C=O) groups is 1. The Morgan fingerprint density at radius 1 is 0.886 bits per heavy atom. The van der Waals surface area contributed by atoms with Gasteiger partial charge in [-0.05, 0) is 130 Å². The largest absolute Gasteiger partial charge is 0.462 e. The highest BCUT2D eigenvalue weighted by Crippen LogP contribution is 2.89. The third-order valence-electron chi connectivity index (χ3n) is 14.2. The van der Waals surface area contributed by atoms with E-state index in [0.717, 1.165) is 30.1 Å². The highest BCUT2D eigenvalue weighted by Gasteiger charge is 2.82. The van der Waals surface area contributed by atoms with Gasteiger partial charge in [0.05, 0.1) is 11.7 Å². The first-order chi connectivity index (χ1) is 16.2. The van der Waals surface area contributed by atoms with Gasteiger partial charge < -0.3 is 9.47 Å². The number of carbonyl (C=O) groups excluding carboxylic acids is 1. The second kappa shape index (κ2) is 7.29. The van der Waals surface area contributed by atoms with Crippen molar-refractivity contribution in [1.29, 1.82) is 0 Å². The minimum atomic E-state index is -0.0953. The predicted molar refractivity (Wildman–Crippen MR) is 140 cm³/mol. The summed E-state index contributed by atoms with van der Waals surface area (Å²) in [6.45, 7) is 19.0. The van der Waals surface area contributed by atoms with Crippen LogP contribution in [0, 0.1) is 50.7 Å². The first-order valence-corrected chi connectivity index (χ1v) is 15.1. The monoisotopic (exact) mass is 484 g/mol. The first kappa shape index (κ1) is 24.7. The second-order valence-corrected chi connectivity index (χ2v) is 15.9. The van der Waals surface area contributed by atoms with Gasteiger partial charge in [-0.3, -0.25) is 4.79 Å². The SMILES string of the molecule is CC(=O)O[C@H]1CC[C@]23C[C@]24CC[C@]2(C)[C@@H]([C@H](C)CC[C@H]5OC5(C)C)CC[C@@]2(C)C4CCC3C1(C)C. The third-order valence-corrected chi connectivity index (χ3v) is 14.2. The average molecular weight is 485 g/mol. The Hall–Kier alpha value is -0.570. The molecule has 3 heteroatoms. The standard InChI is InChI=1S/C32H52O3/c1-20(9-12-26-28(5,6)35-26)22-13-15-30(8)24-11-10-23-27(3,4)25(34-21(2)33)14-16-31(23)19-32(24,31)18-17-29(22,30)7/h20,22-26H,9-19H2,1-8H3/t20-,22-,23?,24?,25+,26-,29-,30+,31-,32+/m1/s1. The van der Waals surface area contributed by atoms with Gasteiger partial charge in [0.25, 0.3) is 0 Å². The van der Waals surface area contributed by atoms with Gasteiger partial charge in [0.1, 0.15) is 6.10 Å². The van der Waals surface area contributed by atoms with Crippen LogP contribution in [0.5, 0.6) is 0 Å². The topological polar surface area (TPSA) is 38.8 Å². The normalized spacial score (nSPS) is 53.4. The summed E-state index contributed by atoms with van der Waals surface area (Å²) in [6.07, 6.45) is 15.5. The Morgan fingerprint density at radius 2 is 1.54 bits per heavy atom. The quantitative estimate of drug-likeness (QED) is 0.293. The summed E-state index contributed by atoms with van der Waals surface area (Å²) < 4.78 is 11.8. The van der Waals surface area contributed by atoms with Crippen LogP contribution in [0.3, 0.4) is 0 Å². The van der Waals surface area contributed by atoms with E-state index in [2.05, 4.69) is 48.5 Å². The van der Waals surface area contributed by atoms with Gasteiger partial charge in [-0.25, -0.2) is 0 Å². The van der Waals surface area contributed by atoms with E-state index in [4.69, 9.17) is 9.47 Å². The van der Waals surface area contributed by atoms with Gasteiger partial charge in [-0.15, -0.1) is 0 Å². The van der Waals surface area contributed by atoms with Crippen molar-refractivity contribution in [3.63, 3.8) is 0 Å². The van der Waals surface area contributed by atoms with Gasteiger partial charge in [0.15, 0.2) is 0 Å². The van der Waals surface area contributed by atoms with Crippen LogP contribution in [0.25, 0.3) is 0 Å². The van der Waals surface area contributed by atoms with Crippen LogP contribution >= 0.6 is 0 Å². The summed E-state index contributed by atoms with van der Waals surface area (Å²) in [4.78, 5) is 11.9. The van der Waals surface area contributed by atoms with Crippen LogP contribution in [0.1, 0.15) is 126 Å². The minimum absolute atomic E-state index is 0.0953. The van der Waals surface area contributed by atoms with Crippen molar-refractivity contribution in [2.45, 2.75) is 144 Å². The molecule has 0 N–H and O–H groups in total. The summed E-state index contributed by atoms with van der Waals surface area (Å²) in [7, 11) is 0. The molecule has 6 rings (SSSR count). The first-order valence-electron chi connectivity index (χ1n) is 15.1. The maximum Gasteiger partial charge on any atom is 0.302 e. The molecule has 35 heavy (non-hydrogen) atoms. The third kappa shape index (κ3) is 3.09. The summed E-state index contributed by atoms with van der Waals surface area (Å²) in [5.41, 5.74) is 2.32. The number of hydrogen-bond acceptors (Lipinski definition) is 3. The van der Waals surface area contributed by atoms with Crippen LogP contribution in [0.15, 0.2) is 0 Å². The molecule has 6 fully saturated rings. The second-order valence-electron chi connectivity index (χ2n) is 15.9. The van der Waals surface area contributed by atoms with Crippen LogP contribution in [-0.4, -0.2) is 23.8 Å². The van der Waals surface area contributed by atoms with Crippen molar-refractivity contribution in [2.75, 3.05) is 0 Å². The molecule has 10 atom stereocenters. The van der Waals surface area contributed by atoms with Crippen molar-refractivity contribution in [1.82, 2.24) is 0 Å². The molecule has 2 unspecified atom stereocenters. The Labute approximate surface area is 214 Å². The fourth-order valence-corrected chi connectivity index (χ4v) is 12.1. The molecule has 1 aliphatic heterocycles. The molecule has 0 aromatic rings. The lowest BCUT2D eigenvalue weighted by molar-refractivity contribution is -0.181. The smallest absolute Gasteiger partial charge is 0.302 e. The molecule has 0 aromatic heterocycles. The Morgan fingerprint density at radius 3 is 2.20 bits per heavy atom. The molecular formula is C32H52O3. The maximum absolute atomic E-state index is 11.9. The zero-order valence-corrected chi connectivity index (χ0v) is 24.0. The van der Waals surface area contributed by atoms with Crippen molar-refractivity contribution in [3.8, 4) is 0 Å².